The summed E-state index contributed by atoms with van der Waals surface area (Å²) in [4.78, 5) is 0. The van der Waals surface area contributed by atoms with E-state index in [1.54, 1.807) is 18.2 Å². The Morgan fingerprint density at radius 2 is 1.75 bits per heavy atom. The molecule has 1 atom stereocenters. The largest absolute Gasteiger partial charge is 0.490 e. The Balaban J connectivity index is 0.00000136. The maximum atomic E-state index is 12.9. The van der Waals surface area contributed by atoms with E-state index in [0.29, 0.717) is 11.8 Å². The van der Waals surface area contributed by atoms with E-state index in [4.69, 9.17) is 4.74 Å². The average Bonchev–Trinajstić information content (AvgIpc) is 3.19. The van der Waals surface area contributed by atoms with Crippen LogP contribution in [0.4, 0.5) is 13.2 Å². The smallest absolute Gasteiger partial charge is 0.412 e. The molecule has 0 aromatic rings. The predicted octanol–water partition coefficient (Wildman–Crippen LogP) is 6.70. The summed E-state index contributed by atoms with van der Waals surface area (Å²) in [7, 11) is 0. The van der Waals surface area contributed by atoms with Crippen LogP contribution in [-0.2, 0) is 4.74 Å². The molecule has 1 saturated carbocycles. The van der Waals surface area contributed by atoms with E-state index in [-0.39, 0.29) is 18.9 Å². The van der Waals surface area contributed by atoms with Gasteiger partial charge in [0.05, 0.1) is 0 Å². The zero-order valence-corrected chi connectivity index (χ0v) is 17.4. The van der Waals surface area contributed by atoms with Crippen molar-refractivity contribution in [2.24, 2.45) is 11.8 Å². The molecule has 0 bridgehead atoms. The fourth-order valence-corrected chi connectivity index (χ4v) is 4.38. The molecule has 1 N–H and O–H groups in total. The number of nitrogens with one attached hydrogen (secondary N) is 1. The maximum absolute atomic E-state index is 12.9. The lowest BCUT2D eigenvalue weighted by molar-refractivity contribution is -0.0931. The van der Waals surface area contributed by atoms with E-state index in [1.165, 1.54) is 44.6 Å². The zero-order chi connectivity index (χ0) is 20.4. The number of piperidine rings is 1. The molecule has 0 spiro atoms. The number of halogens is 3. The Morgan fingerprint density at radius 3 is 2.39 bits per heavy atom. The highest BCUT2D eigenvalue weighted by Gasteiger charge is 2.33. The number of alkyl halides is 3. The minimum absolute atomic E-state index is 0.0768. The number of allylic oxidation sites excluding steroid dienone is 5. The second-order valence-corrected chi connectivity index (χ2v) is 7.81. The van der Waals surface area contributed by atoms with Crippen molar-refractivity contribution in [1.29, 1.82) is 0 Å². The van der Waals surface area contributed by atoms with Crippen molar-refractivity contribution in [2.45, 2.75) is 83.9 Å². The summed E-state index contributed by atoms with van der Waals surface area (Å²) in [5.41, 5.74) is -0.467. The second kappa shape index (κ2) is 11.7. The minimum atomic E-state index is -4.24. The van der Waals surface area contributed by atoms with Crippen molar-refractivity contribution in [3.8, 4) is 0 Å². The van der Waals surface area contributed by atoms with Gasteiger partial charge in [0.15, 0.2) is 0 Å². The van der Waals surface area contributed by atoms with Gasteiger partial charge in [-0.25, -0.2) is 0 Å². The minimum Gasteiger partial charge on any atom is -0.490 e. The van der Waals surface area contributed by atoms with E-state index in [0.717, 1.165) is 25.3 Å². The van der Waals surface area contributed by atoms with Crippen LogP contribution in [0.5, 0.6) is 0 Å². The van der Waals surface area contributed by atoms with Crippen molar-refractivity contribution in [1.82, 2.24) is 5.32 Å². The summed E-state index contributed by atoms with van der Waals surface area (Å²) in [6, 6.07) is 0. The highest BCUT2D eigenvalue weighted by molar-refractivity contribution is 5.23. The van der Waals surface area contributed by atoms with Gasteiger partial charge in [-0.3, -0.25) is 0 Å². The standard InChI is InChI=1S/C21H30F3NO.C2H6/c22-21(23,24)18-7-3-9-19(10-4-8-18)26-20(17-5-1-2-6-17)15-16-11-13-25-14-12-16;1-2/h3,8-10,16-17,20,25H,1-2,4-7,11-15H2;1-2H3/b9-3-,18-8?,19-10+;. The van der Waals surface area contributed by atoms with Gasteiger partial charge in [-0.2, -0.15) is 13.2 Å². The first-order valence-corrected chi connectivity index (χ1v) is 11.0. The van der Waals surface area contributed by atoms with Crippen LogP contribution < -0.4 is 5.32 Å². The van der Waals surface area contributed by atoms with E-state index >= 15 is 0 Å². The van der Waals surface area contributed by atoms with Crippen LogP contribution in [0.1, 0.15) is 71.6 Å². The molecule has 1 heterocycles. The van der Waals surface area contributed by atoms with E-state index in [2.05, 4.69) is 5.32 Å². The first-order valence-electron chi connectivity index (χ1n) is 11.0. The van der Waals surface area contributed by atoms with Crippen molar-refractivity contribution in [2.75, 3.05) is 13.1 Å². The summed E-state index contributed by atoms with van der Waals surface area (Å²) >= 11 is 0. The third-order valence-corrected chi connectivity index (χ3v) is 5.90. The van der Waals surface area contributed by atoms with E-state index in [9.17, 15) is 13.2 Å². The van der Waals surface area contributed by atoms with Gasteiger partial charge in [0.1, 0.15) is 11.9 Å². The van der Waals surface area contributed by atoms with Gasteiger partial charge in [-0.15, -0.1) is 0 Å². The third kappa shape index (κ3) is 7.31. The quantitative estimate of drug-likeness (QED) is 0.519. The van der Waals surface area contributed by atoms with Crippen LogP contribution >= 0.6 is 0 Å². The summed E-state index contributed by atoms with van der Waals surface area (Å²) < 4.78 is 45.0. The molecule has 3 rings (SSSR count). The molecule has 3 aliphatic rings. The van der Waals surface area contributed by atoms with Gasteiger partial charge in [0.2, 0.25) is 0 Å². The number of rotatable bonds is 5. The molecular weight excluding hydrogens is 363 g/mol. The van der Waals surface area contributed by atoms with Crippen LogP contribution in [0.2, 0.25) is 0 Å². The molecule has 5 heteroatoms. The lowest BCUT2D eigenvalue weighted by atomic mass is 9.86. The highest BCUT2D eigenvalue weighted by atomic mass is 19.4. The molecule has 2 fully saturated rings. The number of hydrogen-bond acceptors (Lipinski definition) is 2. The fraction of sp³-hybridized carbons (Fsp3) is 0.739. The molecule has 0 radical (unpaired) electrons. The van der Waals surface area contributed by atoms with Crippen molar-refractivity contribution >= 4 is 0 Å². The van der Waals surface area contributed by atoms with Gasteiger partial charge in [-0.05, 0) is 82.0 Å². The summed E-state index contributed by atoms with van der Waals surface area (Å²) in [5.74, 6) is 2.02. The van der Waals surface area contributed by atoms with Gasteiger partial charge < -0.3 is 10.1 Å². The summed E-state index contributed by atoms with van der Waals surface area (Å²) in [6.45, 7) is 6.16. The molecule has 1 aliphatic heterocycles. The van der Waals surface area contributed by atoms with Crippen molar-refractivity contribution in [3.05, 3.63) is 35.6 Å². The van der Waals surface area contributed by atoms with Gasteiger partial charge in [0.25, 0.3) is 0 Å². The first kappa shape index (κ1) is 23.1. The van der Waals surface area contributed by atoms with Crippen LogP contribution in [0, 0.1) is 11.8 Å². The normalized spacial score (nSPS) is 26.0. The SMILES string of the molecule is CC.FC(F)(F)C1=CC/C=C(OC(CC2CCNCC2)C2CCCC2)\C=C/C1. The second-order valence-electron chi connectivity index (χ2n) is 7.81. The summed E-state index contributed by atoms with van der Waals surface area (Å²) in [5, 5.41) is 3.41. The Labute approximate surface area is 168 Å². The van der Waals surface area contributed by atoms with Gasteiger partial charge in [0, 0.05) is 5.57 Å². The highest BCUT2D eigenvalue weighted by Crippen LogP contribution is 2.36. The topological polar surface area (TPSA) is 21.3 Å². The Bertz CT molecular complexity index is 539. The van der Waals surface area contributed by atoms with Crippen LogP contribution in [0.15, 0.2) is 35.6 Å². The van der Waals surface area contributed by atoms with Crippen molar-refractivity contribution < 1.29 is 17.9 Å². The molecule has 1 saturated heterocycles. The van der Waals surface area contributed by atoms with Crippen molar-refractivity contribution in [3.63, 3.8) is 0 Å². The molecule has 2 nitrogen and oxygen atoms in total. The van der Waals surface area contributed by atoms with E-state index < -0.39 is 11.7 Å². The lowest BCUT2D eigenvalue weighted by Crippen LogP contribution is -2.32. The molecular formula is C23H36F3NO. The fourth-order valence-electron chi connectivity index (χ4n) is 4.38. The molecule has 28 heavy (non-hydrogen) atoms. The van der Waals surface area contributed by atoms with Crippen LogP contribution in [0.25, 0.3) is 0 Å². The molecule has 1 unspecified atom stereocenters. The molecule has 160 valence electrons. The third-order valence-electron chi connectivity index (χ3n) is 5.90. The summed E-state index contributed by atoms with van der Waals surface area (Å²) in [6.07, 6.45) is 11.0. The van der Waals surface area contributed by atoms with Crippen LogP contribution in [0.3, 0.4) is 0 Å². The Kier molecular flexibility index (Phi) is 9.63. The lowest BCUT2D eigenvalue weighted by Gasteiger charge is -2.31. The first-order chi connectivity index (χ1) is 13.5. The average molecular weight is 400 g/mol. The monoisotopic (exact) mass is 399 g/mol. The van der Waals surface area contributed by atoms with Crippen LogP contribution in [-0.4, -0.2) is 25.4 Å². The Morgan fingerprint density at radius 1 is 1.07 bits per heavy atom. The Hall–Kier alpha value is -1.23. The predicted molar refractivity (Wildman–Crippen MR) is 109 cm³/mol. The molecule has 0 aromatic heterocycles. The maximum Gasteiger partial charge on any atom is 0.412 e. The van der Waals surface area contributed by atoms with Gasteiger partial charge in [-0.1, -0.05) is 38.8 Å². The van der Waals surface area contributed by atoms with E-state index in [1.807, 2.05) is 13.8 Å². The molecule has 0 amide bonds. The number of ether oxygens (including phenoxy) is 1. The zero-order valence-electron chi connectivity index (χ0n) is 17.4. The number of hydrogen-bond donors (Lipinski definition) is 1. The molecule has 2 aliphatic carbocycles. The molecule has 0 aromatic carbocycles. The van der Waals surface area contributed by atoms with Gasteiger partial charge >= 0.3 is 6.18 Å².